The Bertz CT molecular complexity index is 264. The van der Waals surface area contributed by atoms with E-state index in [4.69, 9.17) is 10.0 Å². The van der Waals surface area contributed by atoms with Crippen molar-refractivity contribution < 1.29 is 33.7 Å². The molecule has 0 amide bonds. The second-order valence-corrected chi connectivity index (χ2v) is 3.53. The monoisotopic (exact) mass is 220 g/mol. The van der Waals surface area contributed by atoms with Gasteiger partial charge in [0.2, 0.25) is 0 Å². The average molecular weight is 220 g/mol. The summed E-state index contributed by atoms with van der Waals surface area (Å²) in [7, 11) is -1.54. The Hall–Kier alpha value is -0.0477. The van der Waals surface area contributed by atoms with Crippen LogP contribution in [0.15, 0.2) is 11.4 Å². The minimum Gasteiger partial charge on any atom is -0.423 e. The summed E-state index contributed by atoms with van der Waals surface area (Å²) >= 11 is 1.19. The third kappa shape index (κ3) is 6.94. The van der Waals surface area contributed by atoms with Gasteiger partial charge in [-0.05, 0) is 5.38 Å². The molecule has 1 aromatic heterocycles. The van der Waals surface area contributed by atoms with Crippen LogP contribution in [0.2, 0.25) is 0 Å². The second-order valence-electron chi connectivity index (χ2n) is 2.59. The Balaban J connectivity index is 0. The molecule has 0 aliphatic heterocycles. The van der Waals surface area contributed by atoms with Crippen molar-refractivity contribution in [3.8, 4) is 0 Å². The van der Waals surface area contributed by atoms with Gasteiger partial charge in [-0.25, -0.2) is 0 Å². The normalized spacial score (nSPS) is 8.27. The Kier molecular flexibility index (Phi) is 12.1. The molecule has 3 nitrogen and oxygen atoms in total. The number of aldehydes is 1. The van der Waals surface area contributed by atoms with E-state index >= 15 is 0 Å². The summed E-state index contributed by atoms with van der Waals surface area (Å²) in [6.07, 6.45) is 2.89. The number of carbonyl (C=O) groups excluding carboxylic acids is 1. The summed E-state index contributed by atoms with van der Waals surface area (Å²) in [5.74, 6) is 0. The average Bonchev–Trinajstić information content (AvgIpc) is 2.66. The van der Waals surface area contributed by atoms with E-state index in [1.54, 1.807) is 5.38 Å². The van der Waals surface area contributed by atoms with Crippen molar-refractivity contribution in [3.63, 3.8) is 0 Å². The molecule has 0 spiro atoms. The van der Waals surface area contributed by atoms with Gasteiger partial charge in [0.15, 0.2) is 6.29 Å². The first-order valence-corrected chi connectivity index (χ1v) is 5.23. The molecule has 6 heteroatoms. The Morgan fingerprint density at radius 1 is 1.60 bits per heavy atom. The molecule has 78 valence electrons. The van der Waals surface area contributed by atoms with Gasteiger partial charge >= 0.3 is 26.0 Å². The van der Waals surface area contributed by atoms with Gasteiger partial charge in [0.05, 0.1) is 4.88 Å². The molecule has 0 aromatic carbocycles. The van der Waals surface area contributed by atoms with Crippen LogP contribution in [0.4, 0.5) is 0 Å². The van der Waals surface area contributed by atoms with Crippen LogP contribution >= 0.6 is 11.3 Å². The van der Waals surface area contributed by atoms with Gasteiger partial charge in [-0.1, -0.05) is 19.4 Å². The zero-order valence-electron chi connectivity index (χ0n) is 9.14. The minimum atomic E-state index is -1.54. The fraction of sp³-hybridized carbons (Fsp3) is 0.333. The van der Waals surface area contributed by atoms with Crippen LogP contribution in [-0.4, -0.2) is 23.5 Å². The van der Waals surface area contributed by atoms with E-state index in [1.807, 2.05) is 0 Å². The van der Waals surface area contributed by atoms with Gasteiger partial charge in [0.25, 0.3) is 0 Å². The molecule has 0 fully saturated rings. The van der Waals surface area contributed by atoms with Crippen LogP contribution in [0.5, 0.6) is 0 Å². The molecular weight excluding hydrogens is 206 g/mol. The summed E-state index contributed by atoms with van der Waals surface area (Å²) in [6.45, 7) is 5.72. The molecule has 0 radical (unpaired) electrons. The molecule has 1 rings (SSSR count). The van der Waals surface area contributed by atoms with Crippen molar-refractivity contribution in [1.82, 2.24) is 0 Å². The molecule has 0 unspecified atom stereocenters. The number of hydrogen-bond acceptors (Lipinski definition) is 4. The van der Waals surface area contributed by atoms with E-state index in [2.05, 4.69) is 13.8 Å². The summed E-state index contributed by atoms with van der Waals surface area (Å²) < 4.78 is 0. The molecule has 1 heterocycles. The molecule has 0 atom stereocenters. The van der Waals surface area contributed by atoms with Crippen LogP contribution in [0.1, 0.15) is 29.4 Å². The third-order valence-electron chi connectivity index (χ3n) is 1.47. The molecule has 0 bridgehead atoms. The summed E-state index contributed by atoms with van der Waals surface area (Å²) in [5.41, 5.74) is 0.278. The zero-order valence-corrected chi connectivity index (χ0v) is 9.96. The summed E-state index contributed by atoms with van der Waals surface area (Å²) in [6, 6.07) is 1.51. The Morgan fingerprint density at radius 3 is 2.40 bits per heavy atom. The van der Waals surface area contributed by atoms with Gasteiger partial charge in [-0.3, -0.25) is 4.79 Å². The van der Waals surface area contributed by atoms with Gasteiger partial charge in [-0.15, -0.1) is 11.3 Å². The third-order valence-corrected chi connectivity index (χ3v) is 2.32. The van der Waals surface area contributed by atoms with Crippen LogP contribution in [-0.2, 0) is 0 Å². The van der Waals surface area contributed by atoms with Gasteiger partial charge in [0, 0.05) is 5.46 Å². The molecule has 0 aliphatic carbocycles. The van der Waals surface area contributed by atoms with Crippen molar-refractivity contribution in [1.29, 1.82) is 0 Å². The maximum atomic E-state index is 10.2. The van der Waals surface area contributed by atoms with E-state index in [0.717, 1.165) is 6.42 Å². The van der Waals surface area contributed by atoms with E-state index in [0.29, 0.717) is 11.2 Å². The first-order chi connectivity index (χ1) is 6.67. The first-order valence-electron chi connectivity index (χ1n) is 4.35. The smallest absolute Gasteiger partial charge is 0.423 e. The second kappa shape index (κ2) is 10.5. The molecular formula is C9H14BLiO3S. The minimum absolute atomic E-state index is 0. The van der Waals surface area contributed by atoms with Crippen molar-refractivity contribution >= 4 is 30.2 Å². The van der Waals surface area contributed by atoms with Crippen LogP contribution in [0.25, 0.3) is 0 Å². The Labute approximate surface area is 107 Å². The fourth-order valence-electron chi connectivity index (χ4n) is 0.640. The van der Waals surface area contributed by atoms with E-state index < -0.39 is 7.12 Å². The fourth-order valence-corrected chi connectivity index (χ4v) is 1.37. The molecule has 0 saturated carbocycles. The number of rotatable bonds is 3. The molecule has 1 aromatic rings. The number of hydrogen-bond donors (Lipinski definition) is 2. The maximum Gasteiger partial charge on any atom is 1.00 e. The topological polar surface area (TPSA) is 57.5 Å². The Morgan fingerprint density at radius 2 is 2.13 bits per heavy atom. The molecule has 2 N–H and O–H groups in total. The van der Waals surface area contributed by atoms with Crippen molar-refractivity contribution in [2.75, 3.05) is 0 Å². The van der Waals surface area contributed by atoms with Crippen molar-refractivity contribution in [3.05, 3.63) is 23.2 Å². The molecule has 0 saturated heterocycles. The van der Waals surface area contributed by atoms with Crippen LogP contribution in [0.3, 0.4) is 0 Å². The summed E-state index contributed by atoms with van der Waals surface area (Å²) in [5, 5.41) is 18.9. The van der Waals surface area contributed by atoms with E-state index in [-0.39, 0.29) is 24.3 Å². The summed E-state index contributed by atoms with van der Waals surface area (Å²) in [4.78, 5) is 10.6. The first kappa shape index (κ1) is 17.4. The SMILES string of the molecule is O=Cc1sccc1B(O)O.[CH2-]CCC.[Li+]. The standard InChI is InChI=1S/C5H5BO3S.C4H9.Li/c7-3-5-4(6(8)9)1-2-10-5;1-3-4-2;/h1-3,8-9H;1,3-4H2,2H3;/q;-1;+1. The predicted octanol–water partition coefficient (Wildman–Crippen LogP) is -2.14. The van der Waals surface area contributed by atoms with Crippen LogP contribution in [0, 0.1) is 6.92 Å². The molecule has 0 aliphatic rings. The van der Waals surface area contributed by atoms with E-state index in [9.17, 15) is 4.79 Å². The van der Waals surface area contributed by atoms with Crippen LogP contribution < -0.4 is 24.3 Å². The number of thiophene rings is 1. The van der Waals surface area contributed by atoms with Crippen molar-refractivity contribution in [2.24, 2.45) is 0 Å². The number of carbonyl (C=O) groups is 1. The maximum absolute atomic E-state index is 10.2. The van der Waals surface area contributed by atoms with Gasteiger partial charge < -0.3 is 17.0 Å². The number of unbranched alkanes of at least 4 members (excludes halogenated alkanes) is 1. The largest absolute Gasteiger partial charge is 1.00 e. The molecule has 15 heavy (non-hydrogen) atoms. The van der Waals surface area contributed by atoms with E-state index in [1.165, 1.54) is 23.8 Å². The predicted molar refractivity (Wildman–Crippen MR) is 59.8 cm³/mol. The van der Waals surface area contributed by atoms with Gasteiger partial charge in [-0.2, -0.15) is 6.42 Å². The zero-order chi connectivity index (χ0) is 11.0. The van der Waals surface area contributed by atoms with Gasteiger partial charge in [0.1, 0.15) is 0 Å². The van der Waals surface area contributed by atoms with Crippen molar-refractivity contribution in [2.45, 2.75) is 19.8 Å². The quantitative estimate of drug-likeness (QED) is 0.347.